The summed E-state index contributed by atoms with van der Waals surface area (Å²) in [6.07, 6.45) is 0. The van der Waals surface area contributed by atoms with E-state index in [2.05, 4.69) is 4.72 Å². The largest absolute Gasteiger partial charge is 0.480 e. The van der Waals surface area contributed by atoms with E-state index in [4.69, 9.17) is 22.4 Å². The molecule has 0 saturated heterocycles. The molecule has 9 heteroatoms. The molecule has 21 heavy (non-hydrogen) atoms. The number of nitrogens with one attached hydrogen (secondary N) is 1. The number of primary amides is 1. The van der Waals surface area contributed by atoms with E-state index >= 15 is 0 Å². The molecule has 7 nitrogen and oxygen atoms in total. The Morgan fingerprint density at radius 2 is 1.86 bits per heavy atom. The Kier molecular flexibility index (Phi) is 5.32. The van der Waals surface area contributed by atoms with Crippen LogP contribution in [0.3, 0.4) is 0 Å². The maximum atomic E-state index is 12.2. The number of carboxylic acids is 1. The summed E-state index contributed by atoms with van der Waals surface area (Å²) >= 11 is 5.75. The van der Waals surface area contributed by atoms with Gasteiger partial charge in [-0.3, -0.25) is 9.59 Å². The molecule has 0 aliphatic heterocycles. The Balaban J connectivity index is 3.25. The van der Waals surface area contributed by atoms with Crippen LogP contribution in [0.15, 0.2) is 23.1 Å². The molecule has 0 unspecified atom stereocenters. The number of benzene rings is 1. The second-order valence-electron chi connectivity index (χ2n) is 4.72. The van der Waals surface area contributed by atoms with Crippen molar-refractivity contribution in [3.63, 3.8) is 0 Å². The zero-order chi connectivity index (χ0) is 16.4. The zero-order valence-corrected chi connectivity index (χ0v) is 12.9. The number of carbonyl (C=O) groups excluding carboxylic acids is 1. The SMILES string of the molecule is CC(C)[C@H](NS(=O)(=O)c1cc(Cl)cc(C(N)=O)c1)C(=O)O. The minimum absolute atomic E-state index is 0.00287. The van der Waals surface area contributed by atoms with Crippen LogP contribution in [-0.2, 0) is 14.8 Å². The summed E-state index contributed by atoms with van der Waals surface area (Å²) in [4.78, 5) is 21.9. The number of halogens is 1. The molecule has 0 aliphatic carbocycles. The Bertz CT molecular complexity index is 672. The molecule has 1 aromatic carbocycles. The lowest BCUT2D eigenvalue weighted by molar-refractivity contribution is -0.140. The molecule has 1 atom stereocenters. The Morgan fingerprint density at radius 3 is 2.29 bits per heavy atom. The standard InChI is InChI=1S/C12H15ClN2O5S/c1-6(2)10(12(17)18)15-21(19,20)9-4-7(11(14)16)3-8(13)5-9/h3-6,10,15H,1-2H3,(H2,14,16)(H,17,18)/t10-/m0/s1. The first-order chi connectivity index (χ1) is 9.54. The summed E-state index contributed by atoms with van der Waals surface area (Å²) < 4.78 is 26.5. The fourth-order valence-corrected chi connectivity index (χ4v) is 3.27. The van der Waals surface area contributed by atoms with Crippen LogP contribution in [-0.4, -0.2) is 31.4 Å². The van der Waals surface area contributed by atoms with Gasteiger partial charge in [-0.15, -0.1) is 0 Å². The number of carbonyl (C=O) groups is 2. The van der Waals surface area contributed by atoms with Crippen molar-refractivity contribution in [3.8, 4) is 0 Å². The van der Waals surface area contributed by atoms with E-state index in [1.165, 1.54) is 6.07 Å². The number of hydrogen-bond acceptors (Lipinski definition) is 4. The molecule has 4 N–H and O–H groups in total. The van der Waals surface area contributed by atoms with E-state index in [0.717, 1.165) is 12.1 Å². The highest BCUT2D eigenvalue weighted by Crippen LogP contribution is 2.20. The monoisotopic (exact) mass is 334 g/mol. The second kappa shape index (κ2) is 6.42. The Morgan fingerprint density at radius 1 is 1.29 bits per heavy atom. The Hall–Kier alpha value is -1.64. The second-order valence-corrected chi connectivity index (χ2v) is 6.87. The predicted octanol–water partition coefficient (Wildman–Crippen LogP) is 0.826. The van der Waals surface area contributed by atoms with Gasteiger partial charge in [0.15, 0.2) is 0 Å². The van der Waals surface area contributed by atoms with Crippen LogP contribution >= 0.6 is 11.6 Å². The number of aliphatic carboxylic acids is 1. The average molecular weight is 335 g/mol. The van der Waals surface area contributed by atoms with Crippen LogP contribution in [0.5, 0.6) is 0 Å². The van der Waals surface area contributed by atoms with E-state index in [1.807, 2.05) is 0 Å². The third-order valence-corrected chi connectivity index (χ3v) is 4.32. The molecule has 0 aliphatic rings. The number of hydrogen-bond donors (Lipinski definition) is 3. The molecule has 0 aromatic heterocycles. The van der Waals surface area contributed by atoms with Crippen molar-refractivity contribution >= 4 is 33.5 Å². The first kappa shape index (κ1) is 17.4. The summed E-state index contributed by atoms with van der Waals surface area (Å²) in [5.74, 6) is -2.61. The van der Waals surface area contributed by atoms with Gasteiger partial charge in [0.1, 0.15) is 6.04 Å². The van der Waals surface area contributed by atoms with Gasteiger partial charge in [0.05, 0.1) is 4.90 Å². The third kappa shape index (κ3) is 4.42. The van der Waals surface area contributed by atoms with Crippen molar-refractivity contribution in [2.75, 3.05) is 0 Å². The minimum Gasteiger partial charge on any atom is -0.480 e. The molecule has 0 radical (unpaired) electrons. The van der Waals surface area contributed by atoms with Crippen LogP contribution in [0, 0.1) is 5.92 Å². The maximum absolute atomic E-state index is 12.2. The molecule has 1 aromatic rings. The summed E-state index contributed by atoms with van der Waals surface area (Å²) in [7, 11) is -4.15. The molecule has 0 saturated carbocycles. The van der Waals surface area contributed by atoms with Gasteiger partial charge in [-0.2, -0.15) is 4.72 Å². The van der Waals surface area contributed by atoms with Crippen LogP contribution < -0.4 is 10.5 Å². The van der Waals surface area contributed by atoms with Crippen molar-refractivity contribution in [1.82, 2.24) is 4.72 Å². The number of rotatable bonds is 6. The summed E-state index contributed by atoms with van der Waals surface area (Å²) in [5, 5.41) is 9.03. The molecular formula is C12H15ClN2O5S. The molecule has 0 spiro atoms. The summed E-state index contributed by atoms with van der Waals surface area (Å²) in [6, 6.07) is 2.07. The molecule has 1 amide bonds. The topological polar surface area (TPSA) is 127 Å². The number of carboxylic acid groups (broad SMARTS) is 1. The fourth-order valence-electron chi connectivity index (χ4n) is 1.57. The third-order valence-electron chi connectivity index (χ3n) is 2.68. The van der Waals surface area contributed by atoms with Crippen molar-refractivity contribution in [3.05, 3.63) is 28.8 Å². The molecular weight excluding hydrogens is 320 g/mol. The highest BCUT2D eigenvalue weighted by Gasteiger charge is 2.28. The van der Waals surface area contributed by atoms with Crippen molar-refractivity contribution in [2.24, 2.45) is 11.7 Å². The maximum Gasteiger partial charge on any atom is 0.322 e. The fraction of sp³-hybridized carbons (Fsp3) is 0.333. The van der Waals surface area contributed by atoms with Crippen LogP contribution in [0.25, 0.3) is 0 Å². The van der Waals surface area contributed by atoms with Crippen LogP contribution in [0.4, 0.5) is 0 Å². The van der Waals surface area contributed by atoms with Crippen LogP contribution in [0.2, 0.25) is 5.02 Å². The molecule has 1 rings (SSSR count). The van der Waals surface area contributed by atoms with Gasteiger partial charge in [0.2, 0.25) is 15.9 Å². The summed E-state index contributed by atoms with van der Waals surface area (Å²) in [6.45, 7) is 3.13. The lowest BCUT2D eigenvalue weighted by Crippen LogP contribution is -2.44. The van der Waals surface area contributed by atoms with Gasteiger partial charge in [0, 0.05) is 10.6 Å². The average Bonchev–Trinajstić information content (AvgIpc) is 2.34. The molecule has 116 valence electrons. The minimum atomic E-state index is -4.15. The molecule has 0 heterocycles. The zero-order valence-electron chi connectivity index (χ0n) is 11.3. The number of sulfonamides is 1. The van der Waals surface area contributed by atoms with Crippen molar-refractivity contribution in [1.29, 1.82) is 0 Å². The lowest BCUT2D eigenvalue weighted by atomic mass is 10.1. The highest BCUT2D eigenvalue weighted by atomic mass is 35.5. The van der Waals surface area contributed by atoms with Gasteiger partial charge in [-0.1, -0.05) is 25.4 Å². The van der Waals surface area contributed by atoms with Gasteiger partial charge >= 0.3 is 5.97 Å². The number of nitrogens with two attached hydrogens (primary N) is 1. The van der Waals surface area contributed by atoms with E-state index in [0.29, 0.717) is 0 Å². The van der Waals surface area contributed by atoms with E-state index < -0.39 is 33.9 Å². The van der Waals surface area contributed by atoms with Gasteiger partial charge in [-0.25, -0.2) is 8.42 Å². The quantitative estimate of drug-likeness (QED) is 0.710. The van der Waals surface area contributed by atoms with Crippen molar-refractivity contribution < 1.29 is 23.1 Å². The number of amides is 1. The molecule has 0 bridgehead atoms. The van der Waals surface area contributed by atoms with E-state index in [1.54, 1.807) is 13.8 Å². The van der Waals surface area contributed by atoms with Crippen LogP contribution in [0.1, 0.15) is 24.2 Å². The molecule has 0 fully saturated rings. The summed E-state index contributed by atoms with van der Waals surface area (Å²) in [5.41, 5.74) is 5.00. The normalized spacial score (nSPS) is 13.1. The van der Waals surface area contributed by atoms with E-state index in [9.17, 15) is 18.0 Å². The first-order valence-electron chi connectivity index (χ1n) is 5.90. The smallest absolute Gasteiger partial charge is 0.322 e. The lowest BCUT2D eigenvalue weighted by Gasteiger charge is -2.18. The van der Waals surface area contributed by atoms with Gasteiger partial charge in [-0.05, 0) is 24.1 Å². The Labute approximate surface area is 127 Å². The van der Waals surface area contributed by atoms with E-state index in [-0.39, 0.29) is 15.5 Å². The van der Waals surface area contributed by atoms with Crippen molar-refractivity contribution in [2.45, 2.75) is 24.8 Å². The highest BCUT2D eigenvalue weighted by molar-refractivity contribution is 7.89. The van der Waals surface area contributed by atoms with Gasteiger partial charge in [0.25, 0.3) is 0 Å². The predicted molar refractivity (Wildman–Crippen MR) is 76.6 cm³/mol. The first-order valence-corrected chi connectivity index (χ1v) is 7.76. The van der Waals surface area contributed by atoms with Gasteiger partial charge < -0.3 is 10.8 Å².